The molecule has 1 aliphatic heterocycles. The molecule has 2 nitrogen and oxygen atoms in total. The summed E-state index contributed by atoms with van der Waals surface area (Å²) in [5, 5.41) is 2.25. The molecule has 1 rings (SSSR count). The molecule has 0 saturated carbocycles. The third-order valence-electron chi connectivity index (χ3n) is 4.51. The number of hydroxylamine groups is 2. The van der Waals surface area contributed by atoms with E-state index >= 15 is 0 Å². The largest absolute Gasteiger partial charge is 0.295 e. The van der Waals surface area contributed by atoms with Gasteiger partial charge in [0.25, 0.3) is 0 Å². The Labute approximate surface area is 108 Å². The highest BCUT2D eigenvalue weighted by atomic mass is 16.7. The van der Waals surface area contributed by atoms with Crippen LogP contribution < -0.4 is 0 Å². The van der Waals surface area contributed by atoms with Crippen molar-refractivity contribution >= 4 is 0 Å². The molecule has 2 heteroatoms. The highest BCUT2D eigenvalue weighted by Gasteiger charge is 2.54. The van der Waals surface area contributed by atoms with E-state index in [0.717, 1.165) is 6.42 Å². The maximum absolute atomic E-state index is 6.12. The summed E-state index contributed by atoms with van der Waals surface area (Å²) in [6.45, 7) is 20.5. The topological polar surface area (TPSA) is 12.5 Å². The molecule has 17 heavy (non-hydrogen) atoms. The summed E-state index contributed by atoms with van der Waals surface area (Å²) in [4.78, 5) is 6.12. The number of piperidine rings is 1. The fourth-order valence-corrected chi connectivity index (χ4v) is 3.74. The van der Waals surface area contributed by atoms with Crippen molar-refractivity contribution in [3.8, 4) is 0 Å². The Kier molecular flexibility index (Phi) is 3.73. The van der Waals surface area contributed by atoms with E-state index < -0.39 is 0 Å². The molecule has 1 fully saturated rings. The lowest BCUT2D eigenvalue weighted by Crippen LogP contribution is -2.66. The summed E-state index contributed by atoms with van der Waals surface area (Å²) in [6, 6.07) is 0. The van der Waals surface area contributed by atoms with E-state index in [4.69, 9.17) is 4.84 Å². The fraction of sp³-hybridized carbons (Fsp3) is 1.00. The van der Waals surface area contributed by atoms with Crippen molar-refractivity contribution in [1.29, 1.82) is 0 Å². The van der Waals surface area contributed by atoms with Crippen molar-refractivity contribution in [3.05, 3.63) is 0 Å². The van der Waals surface area contributed by atoms with Gasteiger partial charge in [0.1, 0.15) is 0 Å². The maximum atomic E-state index is 6.12. The first-order chi connectivity index (χ1) is 7.41. The minimum absolute atomic E-state index is 0.0650. The van der Waals surface area contributed by atoms with Crippen LogP contribution in [0, 0.1) is 11.3 Å². The molecule has 0 aromatic heterocycles. The lowest BCUT2D eigenvalue weighted by molar-refractivity contribution is -0.326. The Hall–Kier alpha value is -0.0800. The van der Waals surface area contributed by atoms with Crippen LogP contribution in [0.4, 0.5) is 0 Å². The predicted molar refractivity (Wildman–Crippen MR) is 73.8 cm³/mol. The van der Waals surface area contributed by atoms with Gasteiger partial charge in [-0.25, -0.2) is 0 Å². The number of hydrogen-bond donors (Lipinski definition) is 0. The molecule has 0 radical (unpaired) electrons. The molecule has 0 aromatic carbocycles. The van der Waals surface area contributed by atoms with Crippen LogP contribution in [0.3, 0.4) is 0 Å². The van der Waals surface area contributed by atoms with Gasteiger partial charge in [0.2, 0.25) is 0 Å². The van der Waals surface area contributed by atoms with Crippen molar-refractivity contribution in [3.63, 3.8) is 0 Å². The molecule has 1 saturated heterocycles. The molecule has 1 atom stereocenters. The van der Waals surface area contributed by atoms with Crippen molar-refractivity contribution in [1.82, 2.24) is 5.06 Å². The quantitative estimate of drug-likeness (QED) is 0.716. The molecule has 0 amide bonds. The first-order valence-electron chi connectivity index (χ1n) is 6.88. The molecule has 1 unspecified atom stereocenters. The summed E-state index contributed by atoms with van der Waals surface area (Å²) in [5.74, 6) is 0.599. The van der Waals surface area contributed by atoms with Crippen LogP contribution in [0.1, 0.15) is 68.7 Å². The van der Waals surface area contributed by atoms with Gasteiger partial charge < -0.3 is 0 Å². The van der Waals surface area contributed by atoms with Gasteiger partial charge in [0.05, 0.1) is 6.10 Å². The number of hydrogen-bond acceptors (Lipinski definition) is 2. The van der Waals surface area contributed by atoms with Crippen molar-refractivity contribution < 1.29 is 4.84 Å². The average molecular weight is 241 g/mol. The standard InChI is InChI=1S/C15H31NO/c1-11(2)17-16-14(6,7)10-13(4,5)12(3)15(16,8)9/h11-12H,10H2,1-9H3. The van der Waals surface area contributed by atoms with Crippen molar-refractivity contribution in [2.24, 2.45) is 11.3 Å². The summed E-state index contributed by atoms with van der Waals surface area (Å²) >= 11 is 0. The molecule has 1 aliphatic rings. The number of rotatable bonds is 2. The second-order valence-electron chi connectivity index (χ2n) is 7.80. The van der Waals surface area contributed by atoms with Gasteiger partial charge in [0.15, 0.2) is 0 Å². The number of nitrogens with zero attached hydrogens (tertiary/aromatic N) is 1. The second-order valence-corrected chi connectivity index (χ2v) is 7.80. The van der Waals surface area contributed by atoms with Gasteiger partial charge in [-0.1, -0.05) is 20.8 Å². The second kappa shape index (κ2) is 4.24. The van der Waals surface area contributed by atoms with Crippen LogP contribution in [0.2, 0.25) is 0 Å². The molecule has 0 N–H and O–H groups in total. The first-order valence-corrected chi connectivity index (χ1v) is 6.88. The smallest absolute Gasteiger partial charge is 0.0737 e. The zero-order valence-electron chi connectivity index (χ0n) is 13.2. The third kappa shape index (κ3) is 2.68. The van der Waals surface area contributed by atoms with E-state index in [1.165, 1.54) is 0 Å². The SMILES string of the molecule is CC(C)ON1C(C)(C)CC(C)(C)C(C)C1(C)C. The molecule has 1 heterocycles. The van der Waals surface area contributed by atoms with Crippen LogP contribution >= 0.6 is 0 Å². The lowest BCUT2D eigenvalue weighted by Gasteiger charge is -2.60. The minimum Gasteiger partial charge on any atom is -0.295 e. The molecule has 0 spiro atoms. The Bertz CT molecular complexity index is 279. The molecular formula is C15H31NO. The van der Waals surface area contributed by atoms with Gasteiger partial charge >= 0.3 is 0 Å². The first kappa shape index (κ1) is 15.0. The minimum atomic E-state index is 0.0650. The van der Waals surface area contributed by atoms with Crippen LogP contribution in [0.15, 0.2) is 0 Å². The Morgan fingerprint density at radius 1 is 1.06 bits per heavy atom. The van der Waals surface area contributed by atoms with Crippen LogP contribution in [0.25, 0.3) is 0 Å². The maximum Gasteiger partial charge on any atom is 0.0737 e. The van der Waals surface area contributed by atoms with Crippen molar-refractivity contribution in [2.45, 2.75) is 85.9 Å². The van der Waals surface area contributed by atoms with Crippen LogP contribution in [-0.4, -0.2) is 22.2 Å². The van der Waals surface area contributed by atoms with E-state index in [1.54, 1.807) is 0 Å². The average Bonchev–Trinajstić information content (AvgIpc) is 2.08. The zero-order chi connectivity index (χ0) is 13.6. The zero-order valence-corrected chi connectivity index (χ0v) is 13.2. The summed E-state index contributed by atoms with van der Waals surface area (Å²) in [6.07, 6.45) is 1.40. The molecular weight excluding hydrogens is 210 g/mol. The normalized spacial score (nSPS) is 31.8. The molecule has 102 valence electrons. The van der Waals surface area contributed by atoms with E-state index in [-0.39, 0.29) is 17.2 Å². The van der Waals surface area contributed by atoms with Gasteiger partial charge in [0, 0.05) is 11.1 Å². The van der Waals surface area contributed by atoms with E-state index in [2.05, 4.69) is 67.4 Å². The Morgan fingerprint density at radius 3 is 1.94 bits per heavy atom. The Morgan fingerprint density at radius 2 is 1.53 bits per heavy atom. The Balaban J connectivity index is 3.11. The molecule has 0 aliphatic carbocycles. The molecule has 0 aromatic rings. The highest BCUT2D eigenvalue weighted by molar-refractivity contribution is 5.04. The summed E-state index contributed by atoms with van der Waals surface area (Å²) in [5.41, 5.74) is 0.503. The predicted octanol–water partition coefficient (Wildman–Crippen LogP) is 4.25. The highest BCUT2D eigenvalue weighted by Crippen LogP contribution is 2.51. The van der Waals surface area contributed by atoms with E-state index in [9.17, 15) is 0 Å². The molecule has 0 bridgehead atoms. The van der Waals surface area contributed by atoms with Gasteiger partial charge in [-0.05, 0) is 59.3 Å². The third-order valence-corrected chi connectivity index (χ3v) is 4.51. The van der Waals surface area contributed by atoms with Gasteiger partial charge in [-0.15, -0.1) is 0 Å². The fourth-order valence-electron chi connectivity index (χ4n) is 3.74. The summed E-state index contributed by atoms with van der Waals surface area (Å²) < 4.78 is 0. The van der Waals surface area contributed by atoms with Crippen LogP contribution in [0.5, 0.6) is 0 Å². The monoisotopic (exact) mass is 241 g/mol. The lowest BCUT2D eigenvalue weighted by atomic mass is 9.60. The van der Waals surface area contributed by atoms with Crippen molar-refractivity contribution in [2.75, 3.05) is 0 Å². The van der Waals surface area contributed by atoms with E-state index in [0.29, 0.717) is 11.3 Å². The van der Waals surface area contributed by atoms with Crippen LogP contribution in [-0.2, 0) is 4.84 Å². The van der Waals surface area contributed by atoms with Gasteiger partial charge in [-0.2, -0.15) is 5.06 Å². The van der Waals surface area contributed by atoms with Gasteiger partial charge in [-0.3, -0.25) is 4.84 Å². The summed E-state index contributed by atoms with van der Waals surface area (Å²) in [7, 11) is 0. The van der Waals surface area contributed by atoms with E-state index in [1.807, 2.05) is 0 Å².